The Hall–Kier alpha value is -0.600. The lowest BCUT2D eigenvalue weighted by atomic mass is 9.95. The molecule has 1 N–H and O–H groups in total. The summed E-state index contributed by atoms with van der Waals surface area (Å²) in [5.41, 5.74) is 0.275. The van der Waals surface area contributed by atoms with Crippen LogP contribution >= 0.6 is 11.3 Å². The van der Waals surface area contributed by atoms with Crippen LogP contribution in [0.25, 0.3) is 6.08 Å². The fourth-order valence-corrected chi connectivity index (χ4v) is 2.38. The van der Waals surface area contributed by atoms with Crippen molar-refractivity contribution in [3.8, 4) is 0 Å². The van der Waals surface area contributed by atoms with E-state index in [9.17, 15) is 0 Å². The zero-order chi connectivity index (χ0) is 12.0. The maximum Gasteiger partial charge on any atom is 0.0270 e. The Labute approximate surface area is 104 Å². The van der Waals surface area contributed by atoms with Gasteiger partial charge >= 0.3 is 0 Å². The summed E-state index contributed by atoms with van der Waals surface area (Å²) in [6.45, 7) is 11.0. The van der Waals surface area contributed by atoms with Crippen LogP contribution in [0.4, 0.5) is 0 Å². The molecular formula is C14H23NS. The Kier molecular flexibility index (Phi) is 5.23. The van der Waals surface area contributed by atoms with Crippen LogP contribution in [0.1, 0.15) is 43.9 Å². The molecule has 0 atom stereocenters. The van der Waals surface area contributed by atoms with Gasteiger partial charge in [-0.15, -0.1) is 11.3 Å². The molecule has 1 heterocycles. The lowest BCUT2D eigenvalue weighted by Gasteiger charge is -2.15. The Morgan fingerprint density at radius 1 is 1.31 bits per heavy atom. The molecule has 2 heteroatoms. The molecule has 1 rings (SSSR count). The van der Waals surface area contributed by atoms with E-state index >= 15 is 0 Å². The van der Waals surface area contributed by atoms with Crippen LogP contribution in [0.3, 0.4) is 0 Å². The van der Waals surface area contributed by atoms with Crippen LogP contribution in [-0.4, -0.2) is 13.1 Å². The summed E-state index contributed by atoms with van der Waals surface area (Å²) in [5, 5.41) is 3.36. The fourth-order valence-electron chi connectivity index (χ4n) is 1.38. The first-order valence-electron chi connectivity index (χ1n) is 6.01. The summed E-state index contributed by atoms with van der Waals surface area (Å²) in [6, 6.07) is 4.45. The van der Waals surface area contributed by atoms with Gasteiger partial charge < -0.3 is 5.32 Å². The molecule has 0 aromatic carbocycles. The molecule has 0 spiro atoms. The molecule has 0 saturated carbocycles. The highest BCUT2D eigenvalue weighted by atomic mass is 32.1. The number of rotatable bonds is 5. The third-order valence-electron chi connectivity index (χ3n) is 2.34. The molecule has 1 aromatic heterocycles. The second-order valence-electron chi connectivity index (χ2n) is 5.06. The van der Waals surface area contributed by atoms with Gasteiger partial charge in [0.15, 0.2) is 0 Å². The van der Waals surface area contributed by atoms with Gasteiger partial charge in [-0.2, -0.15) is 0 Å². The molecule has 0 amide bonds. The second kappa shape index (κ2) is 6.21. The van der Waals surface area contributed by atoms with Crippen LogP contribution in [0.15, 0.2) is 18.2 Å². The van der Waals surface area contributed by atoms with Gasteiger partial charge in [0, 0.05) is 16.3 Å². The molecule has 0 radical (unpaired) electrons. The van der Waals surface area contributed by atoms with Crippen molar-refractivity contribution >= 4 is 17.4 Å². The minimum Gasteiger partial charge on any atom is -0.313 e. The zero-order valence-corrected chi connectivity index (χ0v) is 11.7. The highest BCUT2D eigenvalue weighted by Crippen LogP contribution is 2.29. The maximum atomic E-state index is 3.36. The van der Waals surface area contributed by atoms with Gasteiger partial charge in [-0.05, 0) is 36.6 Å². The average molecular weight is 237 g/mol. The normalized spacial score (nSPS) is 12.5. The molecule has 0 fully saturated rings. The van der Waals surface area contributed by atoms with E-state index in [2.05, 4.69) is 57.3 Å². The molecule has 0 aliphatic carbocycles. The minimum absolute atomic E-state index is 0.275. The molecule has 0 bridgehead atoms. The molecule has 1 nitrogen and oxygen atoms in total. The summed E-state index contributed by atoms with van der Waals surface area (Å²) in [5.74, 6) is 0. The molecule has 0 aliphatic rings. The van der Waals surface area contributed by atoms with Gasteiger partial charge in [0.25, 0.3) is 0 Å². The molecular weight excluding hydrogens is 214 g/mol. The lowest BCUT2D eigenvalue weighted by molar-refractivity contribution is 0.604. The van der Waals surface area contributed by atoms with Gasteiger partial charge in [0.1, 0.15) is 0 Å². The molecule has 0 unspecified atom stereocenters. The number of hydrogen-bond acceptors (Lipinski definition) is 2. The Morgan fingerprint density at radius 3 is 2.62 bits per heavy atom. The Morgan fingerprint density at radius 2 is 2.06 bits per heavy atom. The van der Waals surface area contributed by atoms with Gasteiger partial charge in [0.05, 0.1) is 0 Å². The van der Waals surface area contributed by atoms with Gasteiger partial charge in [-0.25, -0.2) is 0 Å². The van der Waals surface area contributed by atoms with Crippen molar-refractivity contribution in [2.75, 3.05) is 13.1 Å². The summed E-state index contributed by atoms with van der Waals surface area (Å²) in [6.07, 6.45) is 5.61. The van der Waals surface area contributed by atoms with Crippen molar-refractivity contribution < 1.29 is 0 Å². The summed E-state index contributed by atoms with van der Waals surface area (Å²) in [4.78, 5) is 2.80. The largest absolute Gasteiger partial charge is 0.313 e. The smallest absolute Gasteiger partial charge is 0.0270 e. The predicted molar refractivity (Wildman–Crippen MR) is 75.2 cm³/mol. The van der Waals surface area contributed by atoms with E-state index in [4.69, 9.17) is 0 Å². The van der Waals surface area contributed by atoms with Crippen LogP contribution in [0.5, 0.6) is 0 Å². The first-order chi connectivity index (χ1) is 7.54. The van der Waals surface area contributed by atoms with Gasteiger partial charge in [-0.1, -0.05) is 33.8 Å². The van der Waals surface area contributed by atoms with Crippen molar-refractivity contribution in [1.82, 2.24) is 5.32 Å². The predicted octanol–water partition coefficient (Wildman–Crippen LogP) is 4.06. The lowest BCUT2D eigenvalue weighted by Crippen LogP contribution is -2.13. The van der Waals surface area contributed by atoms with Crippen LogP contribution in [0.2, 0.25) is 0 Å². The number of hydrogen-bond donors (Lipinski definition) is 1. The van der Waals surface area contributed by atoms with Crippen molar-refractivity contribution in [2.24, 2.45) is 0 Å². The average Bonchev–Trinajstić information content (AvgIpc) is 2.65. The third-order valence-corrected chi connectivity index (χ3v) is 3.81. The van der Waals surface area contributed by atoms with Crippen LogP contribution < -0.4 is 5.32 Å². The van der Waals surface area contributed by atoms with Crippen molar-refractivity contribution in [3.63, 3.8) is 0 Å². The monoisotopic (exact) mass is 237 g/mol. The second-order valence-corrected chi connectivity index (χ2v) is 6.17. The number of nitrogens with one attached hydrogen (secondary N) is 1. The van der Waals surface area contributed by atoms with E-state index in [1.807, 2.05) is 11.3 Å². The zero-order valence-electron chi connectivity index (χ0n) is 10.8. The van der Waals surface area contributed by atoms with E-state index in [1.54, 1.807) is 0 Å². The highest BCUT2D eigenvalue weighted by molar-refractivity contribution is 7.13. The van der Waals surface area contributed by atoms with Crippen molar-refractivity contribution in [2.45, 2.75) is 39.5 Å². The van der Waals surface area contributed by atoms with Crippen LogP contribution in [-0.2, 0) is 5.41 Å². The molecule has 90 valence electrons. The quantitative estimate of drug-likeness (QED) is 0.762. The Bertz CT molecular complexity index is 331. The highest BCUT2D eigenvalue weighted by Gasteiger charge is 2.15. The third kappa shape index (κ3) is 4.50. The fraction of sp³-hybridized carbons (Fsp3) is 0.571. The van der Waals surface area contributed by atoms with E-state index in [-0.39, 0.29) is 5.41 Å². The SMILES string of the molecule is CCCNC/C=C/c1ccc(C(C)(C)C)s1. The first-order valence-corrected chi connectivity index (χ1v) is 6.83. The van der Waals surface area contributed by atoms with Crippen molar-refractivity contribution in [1.29, 1.82) is 0 Å². The van der Waals surface area contributed by atoms with E-state index in [0.29, 0.717) is 0 Å². The topological polar surface area (TPSA) is 12.0 Å². The van der Waals surface area contributed by atoms with Gasteiger partial charge in [0.2, 0.25) is 0 Å². The standard InChI is InChI=1S/C14H23NS/c1-5-10-15-11-6-7-12-8-9-13(16-12)14(2,3)4/h6-9,15H,5,10-11H2,1-4H3/b7-6+. The molecule has 0 aliphatic heterocycles. The maximum absolute atomic E-state index is 3.36. The summed E-state index contributed by atoms with van der Waals surface area (Å²) in [7, 11) is 0. The minimum atomic E-state index is 0.275. The van der Waals surface area contributed by atoms with Gasteiger partial charge in [-0.3, -0.25) is 0 Å². The molecule has 0 saturated heterocycles. The Balaban J connectivity index is 2.46. The summed E-state index contributed by atoms with van der Waals surface area (Å²) < 4.78 is 0. The summed E-state index contributed by atoms with van der Waals surface area (Å²) >= 11 is 1.89. The first kappa shape index (κ1) is 13.5. The van der Waals surface area contributed by atoms with Crippen LogP contribution in [0, 0.1) is 0 Å². The van der Waals surface area contributed by atoms with Crippen molar-refractivity contribution in [3.05, 3.63) is 28.0 Å². The molecule has 16 heavy (non-hydrogen) atoms. The molecule has 1 aromatic rings. The van der Waals surface area contributed by atoms with E-state index in [0.717, 1.165) is 13.1 Å². The number of thiophene rings is 1. The van der Waals surface area contributed by atoms with E-state index in [1.165, 1.54) is 16.2 Å². The van der Waals surface area contributed by atoms with E-state index < -0.39 is 0 Å².